The Kier molecular flexibility index (Phi) is 4.07. The molecule has 0 atom stereocenters. The number of hydrogen-bond acceptors (Lipinski definition) is 3. The predicted octanol–water partition coefficient (Wildman–Crippen LogP) is 4.35. The molecule has 1 aromatic rings. The van der Waals surface area contributed by atoms with Gasteiger partial charge in [-0.25, -0.2) is 4.98 Å². The first kappa shape index (κ1) is 13.5. The highest BCUT2D eigenvalue weighted by atomic mass is 32.1. The average molecular weight is 262 g/mol. The molecule has 1 aliphatic carbocycles. The van der Waals surface area contributed by atoms with E-state index in [4.69, 9.17) is 0 Å². The van der Waals surface area contributed by atoms with Crippen LogP contribution in [0.1, 0.15) is 49.4 Å². The topological polar surface area (TPSA) is 36.7 Å². The number of nitrogens with zero attached hydrogens (tertiary/aromatic N) is 2. The highest BCUT2D eigenvalue weighted by molar-refractivity contribution is 7.11. The van der Waals surface area contributed by atoms with E-state index < -0.39 is 0 Å². The van der Waals surface area contributed by atoms with E-state index >= 15 is 0 Å². The smallest absolute Gasteiger partial charge is 0.0896 e. The first-order chi connectivity index (χ1) is 8.54. The summed E-state index contributed by atoms with van der Waals surface area (Å²) in [6.45, 7) is 6.63. The second-order valence-electron chi connectivity index (χ2n) is 6.00. The van der Waals surface area contributed by atoms with Crippen LogP contribution in [0.25, 0.3) is 0 Å². The highest BCUT2D eigenvalue weighted by Crippen LogP contribution is 2.43. The molecule has 0 saturated heterocycles. The van der Waals surface area contributed by atoms with Crippen molar-refractivity contribution >= 4 is 11.3 Å². The zero-order chi connectivity index (χ0) is 13.2. The van der Waals surface area contributed by atoms with Crippen molar-refractivity contribution in [2.75, 3.05) is 0 Å². The van der Waals surface area contributed by atoms with E-state index in [0.717, 1.165) is 36.1 Å². The Morgan fingerprint density at radius 2 is 2.17 bits per heavy atom. The van der Waals surface area contributed by atoms with E-state index in [1.165, 1.54) is 17.7 Å². The summed E-state index contributed by atoms with van der Waals surface area (Å²) in [4.78, 5) is 5.57. The molecule has 3 heteroatoms. The van der Waals surface area contributed by atoms with Gasteiger partial charge in [0.2, 0.25) is 0 Å². The lowest BCUT2D eigenvalue weighted by molar-refractivity contribution is 0.175. The molecule has 18 heavy (non-hydrogen) atoms. The molecule has 0 radical (unpaired) electrons. The average Bonchev–Trinajstić information content (AvgIpc) is 2.75. The van der Waals surface area contributed by atoms with E-state index in [9.17, 15) is 5.26 Å². The molecule has 1 heterocycles. The molecular formula is C15H22N2S. The fraction of sp³-hybridized carbons (Fsp3) is 0.733. The van der Waals surface area contributed by atoms with Crippen LogP contribution in [-0.4, -0.2) is 4.98 Å². The third-order valence-electron chi connectivity index (χ3n) is 4.35. The van der Waals surface area contributed by atoms with Gasteiger partial charge in [0, 0.05) is 17.5 Å². The van der Waals surface area contributed by atoms with Crippen LogP contribution in [0.15, 0.2) is 6.20 Å². The quantitative estimate of drug-likeness (QED) is 0.812. The standard InChI is InChI=1S/C15H22N2S/c1-11(2)13-4-6-15(10-16,7-5-13)8-14-9-17-12(3)18-14/h9,11,13H,4-8H2,1-3H3. The molecule has 0 spiro atoms. The Bertz CT molecular complexity index is 434. The third-order valence-corrected chi connectivity index (χ3v) is 5.26. The molecule has 0 amide bonds. The van der Waals surface area contributed by atoms with Gasteiger partial charge in [0.25, 0.3) is 0 Å². The third kappa shape index (κ3) is 2.92. The van der Waals surface area contributed by atoms with Gasteiger partial charge in [0.1, 0.15) is 0 Å². The minimum Gasteiger partial charge on any atom is -0.250 e. The Labute approximate surface area is 114 Å². The summed E-state index contributed by atoms with van der Waals surface area (Å²) in [6.07, 6.45) is 7.39. The fourth-order valence-corrected chi connectivity index (χ4v) is 3.95. The maximum absolute atomic E-state index is 9.57. The number of aryl methyl sites for hydroxylation is 1. The maximum atomic E-state index is 9.57. The van der Waals surface area contributed by atoms with Gasteiger partial charge in [-0.2, -0.15) is 5.26 Å². The molecule has 2 nitrogen and oxygen atoms in total. The Balaban J connectivity index is 2.03. The molecule has 0 bridgehead atoms. The second-order valence-corrected chi connectivity index (χ2v) is 7.32. The normalized spacial score (nSPS) is 28.3. The largest absolute Gasteiger partial charge is 0.250 e. The molecule has 1 fully saturated rings. The van der Waals surface area contributed by atoms with Gasteiger partial charge in [0.05, 0.1) is 16.5 Å². The lowest BCUT2D eigenvalue weighted by Gasteiger charge is -2.36. The van der Waals surface area contributed by atoms with Gasteiger partial charge in [-0.05, 0) is 44.4 Å². The van der Waals surface area contributed by atoms with Crippen molar-refractivity contribution in [2.45, 2.75) is 52.9 Å². The van der Waals surface area contributed by atoms with E-state index in [1.807, 2.05) is 13.1 Å². The molecule has 98 valence electrons. The molecule has 1 saturated carbocycles. The number of aromatic nitrogens is 1. The Morgan fingerprint density at radius 3 is 2.61 bits per heavy atom. The molecule has 1 aliphatic rings. The van der Waals surface area contributed by atoms with Crippen molar-refractivity contribution in [3.8, 4) is 6.07 Å². The summed E-state index contributed by atoms with van der Waals surface area (Å²) >= 11 is 1.74. The summed E-state index contributed by atoms with van der Waals surface area (Å²) < 4.78 is 0. The van der Waals surface area contributed by atoms with Gasteiger partial charge < -0.3 is 0 Å². The summed E-state index contributed by atoms with van der Waals surface area (Å²) in [7, 11) is 0. The number of hydrogen-bond donors (Lipinski definition) is 0. The summed E-state index contributed by atoms with van der Waals surface area (Å²) in [5.41, 5.74) is -0.121. The van der Waals surface area contributed by atoms with Gasteiger partial charge in [-0.15, -0.1) is 11.3 Å². The minimum atomic E-state index is -0.121. The van der Waals surface area contributed by atoms with Crippen molar-refractivity contribution in [2.24, 2.45) is 17.3 Å². The molecular weight excluding hydrogens is 240 g/mol. The SMILES string of the molecule is Cc1ncc(CC2(C#N)CCC(C(C)C)CC2)s1. The first-order valence-corrected chi connectivity index (χ1v) is 7.69. The molecule has 1 aromatic heterocycles. The Hall–Kier alpha value is -0.880. The van der Waals surface area contributed by atoms with E-state index in [2.05, 4.69) is 24.9 Å². The minimum absolute atomic E-state index is 0.121. The van der Waals surface area contributed by atoms with Crippen LogP contribution in [0.5, 0.6) is 0 Å². The summed E-state index contributed by atoms with van der Waals surface area (Å²) in [5.74, 6) is 1.57. The van der Waals surface area contributed by atoms with Crippen LogP contribution >= 0.6 is 11.3 Å². The highest BCUT2D eigenvalue weighted by Gasteiger charge is 2.36. The summed E-state index contributed by atoms with van der Waals surface area (Å²) in [6, 6.07) is 2.61. The van der Waals surface area contributed by atoms with Crippen molar-refractivity contribution < 1.29 is 0 Å². The lowest BCUT2D eigenvalue weighted by Crippen LogP contribution is -2.29. The van der Waals surface area contributed by atoms with Crippen LogP contribution in [0, 0.1) is 35.5 Å². The van der Waals surface area contributed by atoms with Crippen LogP contribution in [0.3, 0.4) is 0 Å². The van der Waals surface area contributed by atoms with E-state index in [-0.39, 0.29) is 5.41 Å². The number of thiazole rings is 1. The zero-order valence-electron chi connectivity index (χ0n) is 11.6. The summed E-state index contributed by atoms with van der Waals surface area (Å²) in [5, 5.41) is 10.7. The van der Waals surface area contributed by atoms with Crippen LogP contribution in [0.4, 0.5) is 0 Å². The Morgan fingerprint density at radius 1 is 1.50 bits per heavy atom. The van der Waals surface area contributed by atoms with Crippen molar-refractivity contribution in [1.82, 2.24) is 4.98 Å². The van der Waals surface area contributed by atoms with Gasteiger partial charge in [-0.3, -0.25) is 0 Å². The van der Waals surface area contributed by atoms with Crippen LogP contribution < -0.4 is 0 Å². The molecule has 0 aliphatic heterocycles. The van der Waals surface area contributed by atoms with Gasteiger partial charge in [0.15, 0.2) is 0 Å². The monoisotopic (exact) mass is 262 g/mol. The van der Waals surface area contributed by atoms with Crippen LogP contribution in [-0.2, 0) is 6.42 Å². The molecule has 2 rings (SSSR count). The number of nitriles is 1. The fourth-order valence-electron chi connectivity index (χ4n) is 3.01. The van der Waals surface area contributed by atoms with Crippen molar-refractivity contribution in [3.63, 3.8) is 0 Å². The van der Waals surface area contributed by atoms with E-state index in [0.29, 0.717) is 0 Å². The second kappa shape index (κ2) is 5.40. The van der Waals surface area contributed by atoms with Crippen molar-refractivity contribution in [3.05, 3.63) is 16.1 Å². The van der Waals surface area contributed by atoms with E-state index in [1.54, 1.807) is 11.3 Å². The molecule has 0 unspecified atom stereocenters. The predicted molar refractivity (Wildman–Crippen MR) is 75.4 cm³/mol. The van der Waals surface area contributed by atoms with Gasteiger partial charge in [-0.1, -0.05) is 13.8 Å². The van der Waals surface area contributed by atoms with Crippen molar-refractivity contribution in [1.29, 1.82) is 5.26 Å². The van der Waals surface area contributed by atoms with Gasteiger partial charge >= 0.3 is 0 Å². The zero-order valence-corrected chi connectivity index (χ0v) is 12.4. The van der Waals surface area contributed by atoms with Crippen LogP contribution in [0.2, 0.25) is 0 Å². The maximum Gasteiger partial charge on any atom is 0.0896 e. The number of rotatable bonds is 3. The molecule has 0 aromatic carbocycles. The molecule has 0 N–H and O–H groups in total. The lowest BCUT2D eigenvalue weighted by atomic mass is 9.67. The first-order valence-electron chi connectivity index (χ1n) is 6.87.